The van der Waals surface area contributed by atoms with Gasteiger partial charge in [-0.25, -0.2) is 0 Å². The van der Waals surface area contributed by atoms with E-state index in [9.17, 15) is 4.79 Å². The number of carbonyl (C=O) groups excluding carboxylic acids is 1. The molecule has 2 aliphatic heterocycles. The van der Waals surface area contributed by atoms with Gasteiger partial charge in [0.05, 0.1) is 18.2 Å². The zero-order valence-corrected chi connectivity index (χ0v) is 15.3. The number of hydrogen-bond donors (Lipinski definition) is 0. The lowest BCUT2D eigenvalue weighted by Crippen LogP contribution is -2.45. The Bertz CT molecular complexity index is 728. The van der Waals surface area contributed by atoms with Crippen molar-refractivity contribution in [2.45, 2.75) is 64.5 Å². The smallest absolute Gasteiger partial charge is 0.229 e. The van der Waals surface area contributed by atoms with Crippen LogP contribution in [0.2, 0.25) is 0 Å². The van der Waals surface area contributed by atoms with Crippen molar-refractivity contribution in [2.24, 2.45) is 10.8 Å². The molecular formula is C22H27NO2. The summed E-state index contributed by atoms with van der Waals surface area (Å²) >= 11 is 0. The largest absolute Gasteiger partial charge is 0.487 e. The van der Waals surface area contributed by atoms with Gasteiger partial charge in [0.2, 0.25) is 5.91 Å². The van der Waals surface area contributed by atoms with Crippen LogP contribution in [0.25, 0.3) is 0 Å². The minimum atomic E-state index is -0.123. The molecule has 2 atom stereocenters. The Labute approximate surface area is 150 Å². The molecule has 0 unspecified atom stereocenters. The van der Waals surface area contributed by atoms with Gasteiger partial charge in [0.15, 0.2) is 0 Å². The molecule has 4 fully saturated rings. The summed E-state index contributed by atoms with van der Waals surface area (Å²) in [7, 11) is 0. The molecule has 4 aliphatic rings. The van der Waals surface area contributed by atoms with E-state index in [2.05, 4.69) is 24.3 Å². The Hall–Kier alpha value is -1.95. The van der Waals surface area contributed by atoms with E-state index < -0.39 is 0 Å². The Kier molecular flexibility index (Phi) is 3.65. The first kappa shape index (κ1) is 16.5. The molecule has 0 aromatic heterocycles. The molecule has 2 aliphatic carbocycles. The first-order valence-corrected chi connectivity index (χ1v) is 9.43. The lowest BCUT2D eigenvalue weighted by molar-refractivity contribution is -0.142. The number of hydrogen-bond acceptors (Lipinski definition) is 2. The van der Waals surface area contributed by atoms with Crippen LogP contribution in [0, 0.1) is 23.2 Å². The fraction of sp³-hybridized carbons (Fsp3) is 0.591. The van der Waals surface area contributed by atoms with Gasteiger partial charge < -0.3 is 9.64 Å². The number of terminal acetylenes is 1. The topological polar surface area (TPSA) is 29.5 Å². The van der Waals surface area contributed by atoms with E-state index in [-0.39, 0.29) is 17.6 Å². The molecule has 1 amide bonds. The third-order valence-corrected chi connectivity index (χ3v) is 6.98. The number of rotatable bonds is 2. The maximum Gasteiger partial charge on any atom is 0.229 e. The molecule has 2 heterocycles. The molecule has 0 radical (unpaired) electrons. The molecule has 2 saturated carbocycles. The highest BCUT2D eigenvalue weighted by atomic mass is 16.5. The summed E-state index contributed by atoms with van der Waals surface area (Å²) in [6, 6.07) is 0.0939. The summed E-state index contributed by atoms with van der Waals surface area (Å²) in [6.45, 7) is 8.84. The zero-order valence-electron chi connectivity index (χ0n) is 15.3. The summed E-state index contributed by atoms with van der Waals surface area (Å²) in [5.74, 6) is 3.78. The van der Waals surface area contributed by atoms with Gasteiger partial charge in [-0.1, -0.05) is 25.5 Å². The van der Waals surface area contributed by atoms with Gasteiger partial charge >= 0.3 is 0 Å². The van der Waals surface area contributed by atoms with Crippen molar-refractivity contribution in [2.75, 3.05) is 6.54 Å². The summed E-state index contributed by atoms with van der Waals surface area (Å²) < 4.78 is 6.17. The highest BCUT2D eigenvalue weighted by Crippen LogP contribution is 2.62. The van der Waals surface area contributed by atoms with Crippen LogP contribution in [0.3, 0.4) is 0 Å². The number of likely N-dealkylation sites (tertiary alicyclic amines) is 1. The molecular weight excluding hydrogens is 310 g/mol. The fourth-order valence-electron chi connectivity index (χ4n) is 5.64. The Balaban J connectivity index is 1.66. The maximum atomic E-state index is 13.6. The summed E-state index contributed by atoms with van der Waals surface area (Å²) in [5.41, 5.74) is 1.99. The van der Waals surface area contributed by atoms with Crippen molar-refractivity contribution < 1.29 is 9.53 Å². The van der Waals surface area contributed by atoms with Crippen LogP contribution < -0.4 is 0 Å². The highest BCUT2D eigenvalue weighted by molar-refractivity contribution is 5.85. The van der Waals surface area contributed by atoms with E-state index in [1.165, 1.54) is 12.8 Å². The predicted octanol–water partition coefficient (Wildman–Crippen LogP) is 3.98. The van der Waals surface area contributed by atoms with Crippen LogP contribution in [0.1, 0.15) is 52.4 Å². The van der Waals surface area contributed by atoms with E-state index in [4.69, 9.17) is 11.2 Å². The SMILES string of the molecule is C#C/C(C=C)=C1\O[C@H]2C[C@@H](\C1=C\C)N(C(=O)C13CCC(C)(CC1)C3)C2. The van der Waals surface area contributed by atoms with Gasteiger partial charge in [0.1, 0.15) is 11.9 Å². The maximum absolute atomic E-state index is 13.6. The van der Waals surface area contributed by atoms with Crippen molar-refractivity contribution >= 4 is 5.91 Å². The third-order valence-electron chi connectivity index (χ3n) is 6.98. The van der Waals surface area contributed by atoms with Crippen LogP contribution in [-0.4, -0.2) is 29.5 Å². The van der Waals surface area contributed by atoms with Crippen LogP contribution in [-0.2, 0) is 9.53 Å². The van der Waals surface area contributed by atoms with Crippen molar-refractivity contribution in [1.82, 2.24) is 4.90 Å². The molecule has 4 bridgehead atoms. The third kappa shape index (κ3) is 2.30. The first-order chi connectivity index (χ1) is 11.9. The van der Waals surface area contributed by atoms with E-state index in [0.717, 1.165) is 37.0 Å². The van der Waals surface area contributed by atoms with Crippen LogP contribution in [0.4, 0.5) is 0 Å². The summed E-state index contributed by atoms with van der Waals surface area (Å²) in [4.78, 5) is 15.7. The molecule has 3 nitrogen and oxygen atoms in total. The first-order valence-electron chi connectivity index (χ1n) is 9.43. The second kappa shape index (κ2) is 5.53. The number of carbonyl (C=O) groups is 1. The molecule has 0 spiro atoms. The van der Waals surface area contributed by atoms with Gasteiger partial charge in [-0.05, 0) is 50.5 Å². The molecule has 132 valence electrons. The molecule has 0 aromatic rings. The Morgan fingerprint density at radius 2 is 2.12 bits per heavy atom. The summed E-state index contributed by atoms with van der Waals surface area (Å²) in [5, 5.41) is 0. The van der Waals surface area contributed by atoms with Crippen molar-refractivity contribution in [3.8, 4) is 12.3 Å². The molecule has 0 aromatic carbocycles. The average Bonchev–Trinajstić information content (AvgIpc) is 3.25. The van der Waals surface area contributed by atoms with Gasteiger partial charge in [-0.15, -0.1) is 6.42 Å². The standard InChI is InChI=1S/C22H27NO2/c1-5-15(6-2)19-17(7-3)18-12-16(25-19)13-23(18)20(24)22-10-8-21(4,14-22)9-11-22/h1,6-7,16,18H,2,8-14H2,3-4H3/b17-7-,19-15+/t16-,18-,21?,22?/m0/s1. The summed E-state index contributed by atoms with van der Waals surface area (Å²) in [6.07, 6.45) is 15.8. The van der Waals surface area contributed by atoms with E-state index >= 15 is 0 Å². The zero-order chi connectivity index (χ0) is 17.8. The average molecular weight is 337 g/mol. The van der Waals surface area contributed by atoms with Crippen LogP contribution in [0.15, 0.2) is 35.6 Å². The van der Waals surface area contributed by atoms with Gasteiger partial charge in [-0.2, -0.15) is 0 Å². The van der Waals surface area contributed by atoms with Crippen molar-refractivity contribution in [3.05, 3.63) is 35.6 Å². The normalized spacial score (nSPS) is 42.3. The fourth-order valence-corrected chi connectivity index (χ4v) is 5.64. The minimum Gasteiger partial charge on any atom is -0.487 e. The van der Waals surface area contributed by atoms with Gasteiger partial charge in [0, 0.05) is 17.4 Å². The number of amides is 1. The Morgan fingerprint density at radius 3 is 2.64 bits per heavy atom. The number of allylic oxidation sites excluding steroid dienone is 3. The van der Waals surface area contributed by atoms with E-state index in [1.54, 1.807) is 6.08 Å². The van der Waals surface area contributed by atoms with Crippen LogP contribution >= 0.6 is 0 Å². The molecule has 25 heavy (non-hydrogen) atoms. The number of fused-ring (bicyclic) bond motifs is 4. The lowest BCUT2D eigenvalue weighted by Gasteiger charge is -2.35. The molecule has 0 N–H and O–H groups in total. The minimum absolute atomic E-state index is 0.0431. The van der Waals surface area contributed by atoms with E-state index in [0.29, 0.717) is 23.4 Å². The highest BCUT2D eigenvalue weighted by Gasteiger charge is 2.59. The Morgan fingerprint density at radius 1 is 1.40 bits per heavy atom. The van der Waals surface area contributed by atoms with Crippen LogP contribution in [0.5, 0.6) is 0 Å². The van der Waals surface area contributed by atoms with Gasteiger partial charge in [-0.3, -0.25) is 4.79 Å². The predicted molar refractivity (Wildman–Crippen MR) is 98.4 cm³/mol. The second-order valence-corrected chi connectivity index (χ2v) is 8.55. The van der Waals surface area contributed by atoms with Gasteiger partial charge in [0.25, 0.3) is 0 Å². The molecule has 3 heteroatoms. The number of ether oxygens (including phenoxy) is 1. The molecule has 2 saturated heterocycles. The van der Waals surface area contributed by atoms with Crippen molar-refractivity contribution in [1.29, 1.82) is 0 Å². The lowest BCUT2D eigenvalue weighted by atomic mass is 9.81. The number of nitrogens with zero attached hydrogens (tertiary/aromatic N) is 1. The molecule has 4 rings (SSSR count). The monoisotopic (exact) mass is 337 g/mol. The van der Waals surface area contributed by atoms with E-state index in [1.807, 2.05) is 13.0 Å². The quantitative estimate of drug-likeness (QED) is 0.714. The second-order valence-electron chi connectivity index (χ2n) is 8.55. The van der Waals surface area contributed by atoms with Crippen molar-refractivity contribution in [3.63, 3.8) is 0 Å².